The number of carbonyl (C=O) groups excluding carboxylic acids is 2. The Morgan fingerprint density at radius 2 is 1.96 bits per heavy atom. The van der Waals surface area contributed by atoms with Crippen LogP contribution < -0.4 is 5.32 Å². The van der Waals surface area contributed by atoms with Crippen molar-refractivity contribution in [3.8, 4) is 0 Å². The molecular weight excluding hydrogens is 358 g/mol. The fourth-order valence-corrected chi connectivity index (χ4v) is 3.98. The molecule has 1 aromatic heterocycles. The van der Waals surface area contributed by atoms with E-state index < -0.39 is 11.7 Å². The number of nitrogens with zero attached hydrogens (tertiary/aromatic N) is 4. The number of carbonyl (C=O) groups is 2. The Hall–Kier alpha value is -2.12. The molecule has 0 spiro atoms. The van der Waals surface area contributed by atoms with E-state index in [-0.39, 0.29) is 11.9 Å². The maximum Gasteiger partial charge on any atom is 0.407 e. The largest absolute Gasteiger partial charge is 0.444 e. The molecule has 0 bridgehead atoms. The maximum absolute atomic E-state index is 12.8. The molecule has 0 aromatic carbocycles. The van der Waals surface area contributed by atoms with Crippen molar-refractivity contribution in [2.75, 3.05) is 13.1 Å². The maximum atomic E-state index is 12.8. The van der Waals surface area contributed by atoms with E-state index in [9.17, 15) is 9.59 Å². The quantitative estimate of drug-likeness (QED) is 0.780. The van der Waals surface area contributed by atoms with Crippen LogP contribution in [0.15, 0.2) is 0 Å². The number of nitrogens with one attached hydrogen (secondary N) is 1. The molecule has 1 atom stereocenters. The van der Waals surface area contributed by atoms with E-state index in [1.54, 1.807) is 0 Å². The average Bonchev–Trinajstić information content (AvgIpc) is 3.18. The van der Waals surface area contributed by atoms with Crippen molar-refractivity contribution in [3.63, 3.8) is 0 Å². The van der Waals surface area contributed by atoms with Crippen LogP contribution in [0, 0.1) is 0 Å². The molecule has 0 saturated carbocycles. The number of rotatable bonds is 5. The number of fused-ring (bicyclic) bond motifs is 1. The molecule has 156 valence electrons. The highest BCUT2D eigenvalue weighted by Crippen LogP contribution is 2.32. The van der Waals surface area contributed by atoms with Crippen molar-refractivity contribution in [1.29, 1.82) is 0 Å². The lowest BCUT2D eigenvalue weighted by atomic mass is 10.2. The summed E-state index contributed by atoms with van der Waals surface area (Å²) in [6.07, 6.45) is 7.02. The molecule has 1 aromatic rings. The van der Waals surface area contributed by atoms with Crippen molar-refractivity contribution in [1.82, 2.24) is 25.0 Å². The standard InChI is InChI=1S/C20H33N5O3/c1-20(2,3)28-19(27)21-12-7-11-17(26)24-14-8-9-15(24)18-23-22-16-10-5-4-6-13-25(16)18/h15H,4-14H2,1-3H3,(H,21,27)/t15-/m1/s1. The zero-order chi connectivity index (χ0) is 20.1. The molecule has 8 nitrogen and oxygen atoms in total. The van der Waals surface area contributed by atoms with Gasteiger partial charge < -0.3 is 19.5 Å². The van der Waals surface area contributed by atoms with Crippen LogP contribution in [0.4, 0.5) is 4.79 Å². The van der Waals surface area contributed by atoms with E-state index >= 15 is 0 Å². The van der Waals surface area contributed by atoms with Crippen molar-refractivity contribution >= 4 is 12.0 Å². The molecule has 1 fully saturated rings. The number of amides is 2. The molecule has 2 amide bonds. The third-order valence-corrected chi connectivity index (χ3v) is 5.24. The molecule has 8 heteroatoms. The second-order valence-corrected chi connectivity index (χ2v) is 8.71. The first-order valence-corrected chi connectivity index (χ1v) is 10.5. The Morgan fingerprint density at radius 1 is 1.14 bits per heavy atom. The number of ether oxygens (including phenoxy) is 1. The van der Waals surface area contributed by atoms with Gasteiger partial charge in [0.05, 0.1) is 6.04 Å². The Balaban J connectivity index is 1.51. The summed E-state index contributed by atoms with van der Waals surface area (Å²) in [7, 11) is 0. The topological polar surface area (TPSA) is 89.3 Å². The highest BCUT2D eigenvalue weighted by Gasteiger charge is 2.34. The van der Waals surface area contributed by atoms with Gasteiger partial charge in [0.1, 0.15) is 11.4 Å². The van der Waals surface area contributed by atoms with Crippen molar-refractivity contribution in [2.24, 2.45) is 0 Å². The lowest BCUT2D eigenvalue weighted by molar-refractivity contribution is -0.132. The number of aromatic nitrogens is 3. The summed E-state index contributed by atoms with van der Waals surface area (Å²) in [5.41, 5.74) is -0.515. The fourth-order valence-electron chi connectivity index (χ4n) is 3.98. The summed E-state index contributed by atoms with van der Waals surface area (Å²) in [4.78, 5) is 26.4. The van der Waals surface area contributed by atoms with E-state index in [2.05, 4.69) is 20.1 Å². The van der Waals surface area contributed by atoms with Gasteiger partial charge in [-0.1, -0.05) is 6.42 Å². The summed E-state index contributed by atoms with van der Waals surface area (Å²) in [6, 6.07) is 0.0330. The van der Waals surface area contributed by atoms with Crippen LogP contribution in [0.2, 0.25) is 0 Å². The van der Waals surface area contributed by atoms with Crippen molar-refractivity contribution < 1.29 is 14.3 Å². The molecule has 0 aliphatic carbocycles. The number of aryl methyl sites for hydroxylation is 1. The van der Waals surface area contributed by atoms with E-state index in [1.807, 2.05) is 25.7 Å². The van der Waals surface area contributed by atoms with Gasteiger partial charge in [-0.15, -0.1) is 10.2 Å². The predicted molar refractivity (Wildman–Crippen MR) is 105 cm³/mol. The van der Waals surface area contributed by atoms with Crippen LogP contribution in [0.5, 0.6) is 0 Å². The lowest BCUT2D eigenvalue weighted by Crippen LogP contribution is -2.34. The highest BCUT2D eigenvalue weighted by atomic mass is 16.6. The van der Waals surface area contributed by atoms with Crippen molar-refractivity contribution in [2.45, 2.75) is 90.3 Å². The third-order valence-electron chi connectivity index (χ3n) is 5.24. The number of hydrogen-bond donors (Lipinski definition) is 1. The van der Waals surface area contributed by atoms with E-state index in [0.29, 0.717) is 19.4 Å². The van der Waals surface area contributed by atoms with Gasteiger partial charge in [0.2, 0.25) is 5.91 Å². The third kappa shape index (κ3) is 5.23. The van der Waals surface area contributed by atoms with Crippen LogP contribution in [0.1, 0.15) is 83.4 Å². The van der Waals surface area contributed by atoms with Crippen LogP contribution in [-0.2, 0) is 22.5 Å². The lowest BCUT2D eigenvalue weighted by Gasteiger charge is -2.25. The molecular formula is C20H33N5O3. The summed E-state index contributed by atoms with van der Waals surface area (Å²) in [5.74, 6) is 2.14. The second kappa shape index (κ2) is 8.92. The molecule has 28 heavy (non-hydrogen) atoms. The van der Waals surface area contributed by atoms with Crippen LogP contribution >= 0.6 is 0 Å². The first-order valence-electron chi connectivity index (χ1n) is 10.5. The predicted octanol–water partition coefficient (Wildman–Crippen LogP) is 2.97. The summed E-state index contributed by atoms with van der Waals surface area (Å²) >= 11 is 0. The fraction of sp³-hybridized carbons (Fsp3) is 0.800. The van der Waals surface area contributed by atoms with Gasteiger partial charge in [-0.05, 0) is 52.9 Å². The van der Waals surface area contributed by atoms with Gasteiger partial charge in [0.25, 0.3) is 0 Å². The molecule has 3 rings (SSSR count). The molecule has 2 aliphatic rings. The smallest absolute Gasteiger partial charge is 0.407 e. The first-order chi connectivity index (χ1) is 13.3. The molecule has 3 heterocycles. The van der Waals surface area contributed by atoms with Gasteiger partial charge in [-0.2, -0.15) is 0 Å². The van der Waals surface area contributed by atoms with Gasteiger partial charge in [0, 0.05) is 32.5 Å². The first kappa shape index (κ1) is 20.6. The van der Waals surface area contributed by atoms with Crippen LogP contribution in [0.25, 0.3) is 0 Å². The summed E-state index contributed by atoms with van der Waals surface area (Å²) in [6.45, 7) is 7.64. The SMILES string of the molecule is CC(C)(C)OC(=O)NCCCC(=O)N1CCC[C@@H]1c1nnc2n1CCCCC2. The van der Waals surface area contributed by atoms with Gasteiger partial charge in [-0.3, -0.25) is 4.79 Å². The molecule has 0 unspecified atom stereocenters. The van der Waals surface area contributed by atoms with E-state index in [0.717, 1.165) is 56.8 Å². The minimum Gasteiger partial charge on any atom is -0.444 e. The van der Waals surface area contributed by atoms with E-state index in [4.69, 9.17) is 4.74 Å². The number of hydrogen-bond acceptors (Lipinski definition) is 5. The van der Waals surface area contributed by atoms with Crippen molar-refractivity contribution in [3.05, 3.63) is 11.6 Å². The minimum atomic E-state index is -0.515. The Bertz CT molecular complexity index is 695. The Labute approximate surface area is 167 Å². The van der Waals surface area contributed by atoms with Crippen LogP contribution in [0.3, 0.4) is 0 Å². The monoisotopic (exact) mass is 391 g/mol. The zero-order valence-corrected chi connectivity index (χ0v) is 17.4. The van der Waals surface area contributed by atoms with Gasteiger partial charge in [0.15, 0.2) is 5.82 Å². The normalized spacial score (nSPS) is 19.8. The van der Waals surface area contributed by atoms with Gasteiger partial charge >= 0.3 is 6.09 Å². The molecule has 0 radical (unpaired) electrons. The van der Waals surface area contributed by atoms with E-state index in [1.165, 1.54) is 6.42 Å². The molecule has 1 saturated heterocycles. The zero-order valence-electron chi connectivity index (χ0n) is 17.4. The Kier molecular flexibility index (Phi) is 6.57. The minimum absolute atomic E-state index is 0.0330. The summed E-state index contributed by atoms with van der Waals surface area (Å²) < 4.78 is 7.45. The second-order valence-electron chi connectivity index (χ2n) is 8.71. The van der Waals surface area contributed by atoms with Gasteiger partial charge in [-0.25, -0.2) is 4.79 Å². The highest BCUT2D eigenvalue weighted by molar-refractivity contribution is 5.77. The molecule has 2 aliphatic heterocycles. The number of likely N-dealkylation sites (tertiary alicyclic amines) is 1. The van der Waals surface area contributed by atoms with Crippen LogP contribution in [-0.4, -0.2) is 50.4 Å². The number of alkyl carbamates (subject to hydrolysis) is 1. The molecule has 1 N–H and O–H groups in total. The Morgan fingerprint density at radius 3 is 2.75 bits per heavy atom. The summed E-state index contributed by atoms with van der Waals surface area (Å²) in [5, 5.41) is 11.6. The average molecular weight is 392 g/mol.